The summed E-state index contributed by atoms with van der Waals surface area (Å²) in [7, 11) is 1.66. The molecule has 1 fully saturated rings. The van der Waals surface area contributed by atoms with Gasteiger partial charge in [0.2, 0.25) is 0 Å². The average molecular weight is 236 g/mol. The summed E-state index contributed by atoms with van der Waals surface area (Å²) in [6.45, 7) is 2.73. The Hall–Kier alpha value is -1.42. The van der Waals surface area contributed by atoms with Gasteiger partial charge in [-0.1, -0.05) is 0 Å². The highest BCUT2D eigenvalue weighted by molar-refractivity contribution is 5.68. The molecule has 0 amide bonds. The Labute approximate surface area is 102 Å². The molecule has 0 aliphatic carbocycles. The van der Waals surface area contributed by atoms with Crippen LogP contribution in [0.25, 0.3) is 0 Å². The number of anilines is 2. The van der Waals surface area contributed by atoms with Crippen molar-refractivity contribution in [3.63, 3.8) is 0 Å². The van der Waals surface area contributed by atoms with Gasteiger partial charge in [0.15, 0.2) is 0 Å². The number of hydrogen-bond acceptors (Lipinski definition) is 4. The third kappa shape index (κ3) is 3.27. The van der Waals surface area contributed by atoms with Crippen LogP contribution in [0.5, 0.6) is 5.75 Å². The SMILES string of the molecule is COc1ccc(N)c(NCCC2CCOC2)c1. The van der Waals surface area contributed by atoms with Gasteiger partial charge in [-0.05, 0) is 30.9 Å². The van der Waals surface area contributed by atoms with E-state index in [-0.39, 0.29) is 0 Å². The maximum atomic E-state index is 5.90. The van der Waals surface area contributed by atoms with E-state index in [4.69, 9.17) is 15.2 Å². The Kier molecular flexibility index (Phi) is 4.09. The lowest BCUT2D eigenvalue weighted by Gasteiger charge is -2.12. The quantitative estimate of drug-likeness (QED) is 0.769. The maximum absolute atomic E-state index is 5.90. The van der Waals surface area contributed by atoms with E-state index in [0.29, 0.717) is 5.92 Å². The summed E-state index contributed by atoms with van der Waals surface area (Å²) in [5.41, 5.74) is 7.60. The highest BCUT2D eigenvalue weighted by Gasteiger charge is 2.14. The summed E-state index contributed by atoms with van der Waals surface area (Å²) in [6, 6.07) is 5.66. The topological polar surface area (TPSA) is 56.5 Å². The highest BCUT2D eigenvalue weighted by atomic mass is 16.5. The molecule has 0 spiro atoms. The van der Waals surface area contributed by atoms with Crippen molar-refractivity contribution in [1.82, 2.24) is 0 Å². The summed E-state index contributed by atoms with van der Waals surface area (Å²) in [5, 5.41) is 3.35. The number of nitrogens with two attached hydrogens (primary N) is 1. The Bertz CT molecular complexity index is 362. The van der Waals surface area contributed by atoms with E-state index < -0.39 is 0 Å². The second-order valence-electron chi connectivity index (χ2n) is 4.40. The van der Waals surface area contributed by atoms with E-state index >= 15 is 0 Å². The van der Waals surface area contributed by atoms with E-state index in [1.165, 1.54) is 6.42 Å². The van der Waals surface area contributed by atoms with E-state index in [1.54, 1.807) is 7.11 Å². The van der Waals surface area contributed by atoms with E-state index in [1.807, 2.05) is 18.2 Å². The molecule has 0 bridgehead atoms. The van der Waals surface area contributed by atoms with Gasteiger partial charge in [-0.3, -0.25) is 0 Å². The fraction of sp³-hybridized carbons (Fsp3) is 0.538. The van der Waals surface area contributed by atoms with Crippen molar-refractivity contribution >= 4 is 11.4 Å². The van der Waals surface area contributed by atoms with Crippen molar-refractivity contribution in [2.45, 2.75) is 12.8 Å². The van der Waals surface area contributed by atoms with Crippen molar-refractivity contribution in [2.75, 3.05) is 37.9 Å². The molecule has 0 aromatic heterocycles. The van der Waals surface area contributed by atoms with Crippen molar-refractivity contribution in [1.29, 1.82) is 0 Å². The second-order valence-corrected chi connectivity index (χ2v) is 4.40. The highest BCUT2D eigenvalue weighted by Crippen LogP contribution is 2.25. The van der Waals surface area contributed by atoms with Crippen LogP contribution in [0, 0.1) is 5.92 Å². The largest absolute Gasteiger partial charge is 0.497 e. The second kappa shape index (κ2) is 5.77. The zero-order chi connectivity index (χ0) is 12.1. The van der Waals surface area contributed by atoms with Gasteiger partial charge < -0.3 is 20.5 Å². The molecule has 1 unspecified atom stereocenters. The summed E-state index contributed by atoms with van der Waals surface area (Å²) < 4.78 is 10.5. The lowest BCUT2D eigenvalue weighted by Crippen LogP contribution is -2.10. The molecule has 4 nitrogen and oxygen atoms in total. The molecule has 1 saturated heterocycles. The normalized spacial score (nSPS) is 19.2. The minimum atomic E-state index is 0.689. The van der Waals surface area contributed by atoms with Crippen LogP contribution in [0.15, 0.2) is 18.2 Å². The van der Waals surface area contributed by atoms with Gasteiger partial charge in [-0.2, -0.15) is 0 Å². The molecular formula is C13H20N2O2. The minimum Gasteiger partial charge on any atom is -0.497 e. The zero-order valence-electron chi connectivity index (χ0n) is 10.2. The first-order valence-electron chi connectivity index (χ1n) is 6.04. The molecule has 3 N–H and O–H groups in total. The predicted octanol–water partition coefficient (Wildman–Crippen LogP) is 2.12. The van der Waals surface area contributed by atoms with Gasteiger partial charge in [0.05, 0.1) is 18.5 Å². The van der Waals surface area contributed by atoms with Gasteiger partial charge in [-0.25, -0.2) is 0 Å². The number of nitrogen functional groups attached to an aromatic ring is 1. The molecule has 0 radical (unpaired) electrons. The third-order valence-electron chi connectivity index (χ3n) is 3.15. The molecule has 94 valence electrons. The fourth-order valence-electron chi connectivity index (χ4n) is 2.04. The maximum Gasteiger partial charge on any atom is 0.121 e. The smallest absolute Gasteiger partial charge is 0.121 e. The van der Waals surface area contributed by atoms with Crippen molar-refractivity contribution in [3.05, 3.63) is 18.2 Å². The van der Waals surface area contributed by atoms with E-state index in [2.05, 4.69) is 5.32 Å². The summed E-state index contributed by atoms with van der Waals surface area (Å²) in [4.78, 5) is 0. The molecular weight excluding hydrogens is 216 g/mol. The summed E-state index contributed by atoms with van der Waals surface area (Å²) >= 11 is 0. The van der Waals surface area contributed by atoms with Crippen LogP contribution in [0.1, 0.15) is 12.8 Å². The van der Waals surface area contributed by atoms with E-state index in [0.717, 1.165) is 43.3 Å². The number of ether oxygens (including phenoxy) is 2. The lowest BCUT2D eigenvalue weighted by atomic mass is 10.1. The first-order valence-corrected chi connectivity index (χ1v) is 6.04. The molecule has 1 atom stereocenters. The first kappa shape index (κ1) is 12.0. The van der Waals surface area contributed by atoms with Gasteiger partial charge in [0.25, 0.3) is 0 Å². The molecule has 0 saturated carbocycles. The van der Waals surface area contributed by atoms with Crippen LogP contribution in [0.3, 0.4) is 0 Å². The van der Waals surface area contributed by atoms with E-state index in [9.17, 15) is 0 Å². The van der Waals surface area contributed by atoms with Crippen LogP contribution in [-0.2, 0) is 4.74 Å². The Morgan fingerprint density at radius 2 is 2.41 bits per heavy atom. The van der Waals surface area contributed by atoms with Crippen LogP contribution >= 0.6 is 0 Å². The van der Waals surface area contributed by atoms with Crippen LogP contribution in [-0.4, -0.2) is 26.9 Å². The first-order chi connectivity index (χ1) is 8.29. The zero-order valence-corrected chi connectivity index (χ0v) is 10.2. The fourth-order valence-corrected chi connectivity index (χ4v) is 2.04. The van der Waals surface area contributed by atoms with Gasteiger partial charge in [0, 0.05) is 25.8 Å². The van der Waals surface area contributed by atoms with Gasteiger partial charge >= 0.3 is 0 Å². The van der Waals surface area contributed by atoms with Crippen molar-refractivity contribution in [2.24, 2.45) is 5.92 Å². The molecule has 1 aromatic rings. The van der Waals surface area contributed by atoms with Crippen molar-refractivity contribution < 1.29 is 9.47 Å². The molecule has 4 heteroatoms. The van der Waals surface area contributed by atoms with Crippen LogP contribution in [0.2, 0.25) is 0 Å². The molecule has 17 heavy (non-hydrogen) atoms. The summed E-state index contributed by atoms with van der Waals surface area (Å²) in [5.74, 6) is 1.51. The van der Waals surface area contributed by atoms with Crippen LogP contribution < -0.4 is 15.8 Å². The molecule has 1 aliphatic heterocycles. The molecule has 1 heterocycles. The number of hydrogen-bond donors (Lipinski definition) is 2. The Morgan fingerprint density at radius 1 is 1.53 bits per heavy atom. The summed E-state index contributed by atoms with van der Waals surface area (Å²) in [6.07, 6.45) is 2.30. The van der Waals surface area contributed by atoms with Gasteiger partial charge in [0.1, 0.15) is 5.75 Å². The Morgan fingerprint density at radius 3 is 3.12 bits per heavy atom. The van der Waals surface area contributed by atoms with Crippen LogP contribution in [0.4, 0.5) is 11.4 Å². The van der Waals surface area contributed by atoms with Crippen molar-refractivity contribution in [3.8, 4) is 5.75 Å². The minimum absolute atomic E-state index is 0.689. The standard InChI is InChI=1S/C13H20N2O2/c1-16-11-2-3-12(14)13(8-11)15-6-4-10-5-7-17-9-10/h2-3,8,10,15H,4-7,9,14H2,1H3. The molecule has 2 rings (SSSR count). The lowest BCUT2D eigenvalue weighted by molar-refractivity contribution is 0.185. The van der Waals surface area contributed by atoms with Gasteiger partial charge in [-0.15, -0.1) is 0 Å². The number of rotatable bonds is 5. The Balaban J connectivity index is 1.84. The number of nitrogens with one attached hydrogen (secondary N) is 1. The predicted molar refractivity (Wildman–Crippen MR) is 69.4 cm³/mol. The molecule has 1 aliphatic rings. The number of benzene rings is 1. The number of methoxy groups -OCH3 is 1. The molecule has 1 aromatic carbocycles. The third-order valence-corrected chi connectivity index (χ3v) is 3.15. The average Bonchev–Trinajstić information content (AvgIpc) is 2.84. The monoisotopic (exact) mass is 236 g/mol.